The van der Waals surface area contributed by atoms with E-state index in [1.54, 1.807) is 6.07 Å². The van der Waals surface area contributed by atoms with Gasteiger partial charge in [0.1, 0.15) is 5.82 Å². The van der Waals surface area contributed by atoms with E-state index in [9.17, 15) is 9.50 Å². The van der Waals surface area contributed by atoms with Crippen molar-refractivity contribution >= 4 is 11.6 Å². The molecular formula is C16H16ClFO. The van der Waals surface area contributed by atoms with Crippen LogP contribution in [0.25, 0.3) is 0 Å². The Morgan fingerprint density at radius 3 is 2.58 bits per heavy atom. The lowest BCUT2D eigenvalue weighted by Crippen LogP contribution is -2.04. The van der Waals surface area contributed by atoms with Gasteiger partial charge in [0.15, 0.2) is 0 Å². The van der Waals surface area contributed by atoms with Crippen LogP contribution in [0.1, 0.15) is 28.4 Å². The molecule has 0 saturated carbocycles. The number of hydrogen-bond acceptors (Lipinski definition) is 1. The second-order valence-corrected chi connectivity index (χ2v) is 5.24. The van der Waals surface area contributed by atoms with Gasteiger partial charge in [-0.05, 0) is 42.7 Å². The molecular weight excluding hydrogens is 263 g/mol. The average Bonchev–Trinajstić information content (AvgIpc) is 2.36. The van der Waals surface area contributed by atoms with Crippen LogP contribution >= 0.6 is 11.6 Å². The number of aliphatic hydroxyl groups is 1. The zero-order chi connectivity index (χ0) is 14.0. The Kier molecular flexibility index (Phi) is 4.23. The van der Waals surface area contributed by atoms with Gasteiger partial charge in [-0.15, -0.1) is 0 Å². The lowest BCUT2D eigenvalue weighted by atomic mass is 9.96. The molecule has 0 amide bonds. The quantitative estimate of drug-likeness (QED) is 0.884. The molecule has 0 saturated heterocycles. The Morgan fingerprint density at radius 1 is 1.16 bits per heavy atom. The summed E-state index contributed by atoms with van der Waals surface area (Å²) in [6.45, 7) is 3.94. The second kappa shape index (κ2) is 5.72. The highest BCUT2D eigenvalue weighted by molar-refractivity contribution is 6.30. The smallest absolute Gasteiger partial charge is 0.142 e. The van der Waals surface area contributed by atoms with Gasteiger partial charge in [-0.3, -0.25) is 0 Å². The van der Waals surface area contributed by atoms with E-state index < -0.39 is 11.9 Å². The van der Waals surface area contributed by atoms with Crippen molar-refractivity contribution in [3.05, 3.63) is 69.5 Å². The Labute approximate surface area is 117 Å². The third-order valence-corrected chi connectivity index (χ3v) is 3.51. The molecule has 1 atom stereocenters. The van der Waals surface area contributed by atoms with Crippen molar-refractivity contribution in [2.75, 3.05) is 0 Å². The molecule has 100 valence electrons. The van der Waals surface area contributed by atoms with Gasteiger partial charge in [0.05, 0.1) is 11.1 Å². The molecule has 0 radical (unpaired) electrons. The lowest BCUT2D eigenvalue weighted by Gasteiger charge is -2.15. The van der Waals surface area contributed by atoms with Crippen molar-refractivity contribution < 1.29 is 9.50 Å². The summed E-state index contributed by atoms with van der Waals surface area (Å²) in [7, 11) is 0. The fourth-order valence-corrected chi connectivity index (χ4v) is 2.24. The summed E-state index contributed by atoms with van der Waals surface area (Å²) in [4.78, 5) is 0. The Bertz CT molecular complexity index is 595. The maximum atomic E-state index is 13.4. The van der Waals surface area contributed by atoms with Crippen molar-refractivity contribution in [3.8, 4) is 0 Å². The highest BCUT2D eigenvalue weighted by Crippen LogP contribution is 2.24. The Balaban J connectivity index is 2.22. The maximum absolute atomic E-state index is 13.4. The van der Waals surface area contributed by atoms with E-state index in [0.29, 0.717) is 6.42 Å². The van der Waals surface area contributed by atoms with Crippen LogP contribution in [0.5, 0.6) is 0 Å². The molecule has 3 heteroatoms. The van der Waals surface area contributed by atoms with Gasteiger partial charge in [-0.1, -0.05) is 41.4 Å². The normalized spacial score (nSPS) is 12.5. The monoisotopic (exact) mass is 278 g/mol. The first-order valence-electron chi connectivity index (χ1n) is 6.16. The molecule has 0 aliphatic rings. The molecule has 2 aromatic carbocycles. The number of aryl methyl sites for hydroxylation is 2. The predicted molar refractivity (Wildman–Crippen MR) is 76.0 cm³/mol. The maximum Gasteiger partial charge on any atom is 0.142 e. The summed E-state index contributed by atoms with van der Waals surface area (Å²) in [6.07, 6.45) is -0.265. The molecule has 0 aliphatic heterocycles. The summed E-state index contributed by atoms with van der Waals surface area (Å²) >= 11 is 5.64. The molecule has 19 heavy (non-hydrogen) atoms. The molecule has 0 spiro atoms. The SMILES string of the molecule is Cc1ccc(C)c(C(O)Cc2ccc(Cl)c(F)c2)c1. The van der Waals surface area contributed by atoms with Crippen LogP contribution in [-0.4, -0.2) is 5.11 Å². The van der Waals surface area contributed by atoms with Gasteiger partial charge in [0, 0.05) is 6.42 Å². The number of aliphatic hydroxyl groups excluding tert-OH is 1. The van der Waals surface area contributed by atoms with E-state index in [4.69, 9.17) is 11.6 Å². The van der Waals surface area contributed by atoms with Crippen LogP contribution < -0.4 is 0 Å². The van der Waals surface area contributed by atoms with Gasteiger partial charge in [-0.2, -0.15) is 0 Å². The van der Waals surface area contributed by atoms with Gasteiger partial charge in [0.2, 0.25) is 0 Å². The van der Waals surface area contributed by atoms with Gasteiger partial charge >= 0.3 is 0 Å². The van der Waals surface area contributed by atoms with Crippen LogP contribution in [0.2, 0.25) is 5.02 Å². The summed E-state index contributed by atoms with van der Waals surface area (Å²) < 4.78 is 13.4. The van der Waals surface area contributed by atoms with Crippen LogP contribution in [0.4, 0.5) is 4.39 Å². The Hall–Kier alpha value is -1.38. The summed E-state index contributed by atoms with van der Waals surface area (Å²) in [6, 6.07) is 10.6. The Morgan fingerprint density at radius 2 is 1.89 bits per heavy atom. The molecule has 0 bridgehead atoms. The number of rotatable bonds is 3. The molecule has 0 aromatic heterocycles. The second-order valence-electron chi connectivity index (χ2n) is 4.83. The fourth-order valence-electron chi connectivity index (χ4n) is 2.12. The summed E-state index contributed by atoms with van der Waals surface area (Å²) in [5, 5.41) is 10.4. The first-order valence-corrected chi connectivity index (χ1v) is 6.54. The minimum absolute atomic E-state index is 0.102. The molecule has 1 unspecified atom stereocenters. The lowest BCUT2D eigenvalue weighted by molar-refractivity contribution is 0.177. The third-order valence-electron chi connectivity index (χ3n) is 3.21. The fraction of sp³-hybridized carbons (Fsp3) is 0.250. The van der Waals surface area contributed by atoms with E-state index in [0.717, 1.165) is 22.3 Å². The van der Waals surface area contributed by atoms with E-state index in [-0.39, 0.29) is 5.02 Å². The van der Waals surface area contributed by atoms with E-state index in [2.05, 4.69) is 0 Å². The van der Waals surface area contributed by atoms with Crippen molar-refractivity contribution in [2.45, 2.75) is 26.4 Å². The largest absolute Gasteiger partial charge is 0.388 e. The van der Waals surface area contributed by atoms with Crippen molar-refractivity contribution in [1.82, 2.24) is 0 Å². The van der Waals surface area contributed by atoms with Crippen LogP contribution in [0.15, 0.2) is 36.4 Å². The molecule has 0 aliphatic carbocycles. The minimum atomic E-state index is -0.638. The number of halogens is 2. The molecule has 2 rings (SSSR count). The highest BCUT2D eigenvalue weighted by atomic mass is 35.5. The van der Waals surface area contributed by atoms with Crippen LogP contribution in [-0.2, 0) is 6.42 Å². The molecule has 0 fully saturated rings. The summed E-state index contributed by atoms with van der Waals surface area (Å²) in [5.74, 6) is -0.452. The zero-order valence-electron chi connectivity index (χ0n) is 11.0. The van der Waals surface area contributed by atoms with Crippen LogP contribution in [0, 0.1) is 19.7 Å². The number of benzene rings is 2. The van der Waals surface area contributed by atoms with Gasteiger partial charge in [-0.25, -0.2) is 4.39 Å². The van der Waals surface area contributed by atoms with Gasteiger partial charge < -0.3 is 5.11 Å². The summed E-state index contributed by atoms with van der Waals surface area (Å²) in [5.41, 5.74) is 3.75. The first-order chi connectivity index (χ1) is 8.97. The minimum Gasteiger partial charge on any atom is -0.388 e. The van der Waals surface area contributed by atoms with Crippen LogP contribution in [0.3, 0.4) is 0 Å². The van der Waals surface area contributed by atoms with Gasteiger partial charge in [0.25, 0.3) is 0 Å². The topological polar surface area (TPSA) is 20.2 Å². The molecule has 1 N–H and O–H groups in total. The molecule has 0 heterocycles. The van der Waals surface area contributed by atoms with E-state index in [1.807, 2.05) is 32.0 Å². The highest BCUT2D eigenvalue weighted by Gasteiger charge is 2.12. The van der Waals surface area contributed by atoms with E-state index in [1.165, 1.54) is 12.1 Å². The number of hydrogen-bond donors (Lipinski definition) is 1. The van der Waals surface area contributed by atoms with Crippen molar-refractivity contribution in [3.63, 3.8) is 0 Å². The predicted octanol–water partition coefficient (Wildman–Crippen LogP) is 4.37. The zero-order valence-corrected chi connectivity index (χ0v) is 11.7. The average molecular weight is 279 g/mol. The van der Waals surface area contributed by atoms with Crippen molar-refractivity contribution in [1.29, 1.82) is 0 Å². The molecule has 2 aromatic rings. The first kappa shape index (κ1) is 14.0. The standard InChI is InChI=1S/C16H16ClFO/c1-10-3-4-11(2)13(7-10)16(19)9-12-5-6-14(17)15(18)8-12/h3-8,16,19H,9H2,1-2H3. The third kappa shape index (κ3) is 3.34. The van der Waals surface area contributed by atoms with E-state index >= 15 is 0 Å². The molecule has 1 nitrogen and oxygen atoms in total. The van der Waals surface area contributed by atoms with Crippen molar-refractivity contribution in [2.24, 2.45) is 0 Å².